The SMILES string of the molecule is NC(=O)CNC(=O)NC1CCC(C(=O)O)C1. The van der Waals surface area contributed by atoms with Gasteiger partial charge in [0, 0.05) is 6.04 Å². The fraction of sp³-hybridized carbons (Fsp3) is 0.667. The molecule has 0 heterocycles. The molecule has 0 aromatic rings. The first-order chi connectivity index (χ1) is 7.49. The van der Waals surface area contributed by atoms with Crippen molar-refractivity contribution in [1.29, 1.82) is 0 Å². The van der Waals surface area contributed by atoms with Gasteiger partial charge in [0.05, 0.1) is 12.5 Å². The van der Waals surface area contributed by atoms with E-state index < -0.39 is 17.9 Å². The van der Waals surface area contributed by atoms with Gasteiger partial charge in [0.15, 0.2) is 0 Å². The summed E-state index contributed by atoms with van der Waals surface area (Å²) < 4.78 is 0. The summed E-state index contributed by atoms with van der Waals surface area (Å²) >= 11 is 0. The Balaban J connectivity index is 2.26. The average Bonchev–Trinajstić information content (AvgIpc) is 2.63. The van der Waals surface area contributed by atoms with E-state index in [0.717, 1.165) is 0 Å². The molecular weight excluding hydrogens is 214 g/mol. The van der Waals surface area contributed by atoms with Crippen molar-refractivity contribution >= 4 is 17.9 Å². The number of primary amides is 1. The van der Waals surface area contributed by atoms with Crippen LogP contribution in [0.1, 0.15) is 19.3 Å². The molecule has 0 spiro atoms. The smallest absolute Gasteiger partial charge is 0.315 e. The van der Waals surface area contributed by atoms with Crippen LogP contribution in [0.3, 0.4) is 0 Å². The highest BCUT2D eigenvalue weighted by molar-refractivity contribution is 5.82. The van der Waals surface area contributed by atoms with Gasteiger partial charge in [-0.25, -0.2) is 4.79 Å². The molecule has 1 aliphatic rings. The molecule has 16 heavy (non-hydrogen) atoms. The van der Waals surface area contributed by atoms with Gasteiger partial charge in [0.25, 0.3) is 0 Å². The lowest BCUT2D eigenvalue weighted by atomic mass is 10.1. The Morgan fingerprint density at radius 3 is 2.50 bits per heavy atom. The molecule has 0 aromatic heterocycles. The number of carbonyl (C=O) groups is 3. The number of amides is 3. The highest BCUT2D eigenvalue weighted by atomic mass is 16.4. The van der Waals surface area contributed by atoms with Gasteiger partial charge in [-0.05, 0) is 19.3 Å². The maximum absolute atomic E-state index is 11.2. The summed E-state index contributed by atoms with van der Waals surface area (Å²) in [6.07, 6.45) is 1.64. The average molecular weight is 229 g/mol. The molecule has 7 nitrogen and oxygen atoms in total. The lowest BCUT2D eigenvalue weighted by molar-refractivity contribution is -0.141. The molecule has 7 heteroatoms. The predicted molar refractivity (Wildman–Crippen MR) is 54.5 cm³/mol. The number of hydrogen-bond donors (Lipinski definition) is 4. The number of nitrogens with one attached hydrogen (secondary N) is 2. The molecule has 3 amide bonds. The van der Waals surface area contributed by atoms with Crippen molar-refractivity contribution in [2.45, 2.75) is 25.3 Å². The Kier molecular flexibility index (Phi) is 4.10. The minimum Gasteiger partial charge on any atom is -0.481 e. The molecule has 5 N–H and O–H groups in total. The second kappa shape index (κ2) is 5.34. The van der Waals surface area contributed by atoms with Crippen LogP contribution in [0.2, 0.25) is 0 Å². The molecule has 0 saturated heterocycles. The summed E-state index contributed by atoms with van der Waals surface area (Å²) in [5.41, 5.74) is 4.85. The van der Waals surface area contributed by atoms with E-state index in [1.807, 2.05) is 0 Å². The molecule has 2 unspecified atom stereocenters. The Hall–Kier alpha value is -1.79. The Bertz CT molecular complexity index is 305. The van der Waals surface area contributed by atoms with E-state index in [0.29, 0.717) is 19.3 Å². The van der Waals surface area contributed by atoms with Crippen LogP contribution in [0.15, 0.2) is 0 Å². The number of carboxylic acids is 1. The molecule has 0 aromatic carbocycles. The normalized spacial score (nSPS) is 23.8. The third-order valence-electron chi connectivity index (χ3n) is 2.54. The maximum Gasteiger partial charge on any atom is 0.315 e. The monoisotopic (exact) mass is 229 g/mol. The van der Waals surface area contributed by atoms with Crippen molar-refractivity contribution in [1.82, 2.24) is 10.6 Å². The van der Waals surface area contributed by atoms with Crippen molar-refractivity contribution < 1.29 is 19.5 Å². The van der Waals surface area contributed by atoms with E-state index in [1.165, 1.54) is 0 Å². The van der Waals surface area contributed by atoms with Crippen molar-refractivity contribution in [2.24, 2.45) is 11.7 Å². The van der Waals surface area contributed by atoms with Gasteiger partial charge in [-0.15, -0.1) is 0 Å². The number of nitrogens with two attached hydrogens (primary N) is 1. The first-order valence-corrected chi connectivity index (χ1v) is 5.04. The van der Waals surface area contributed by atoms with Crippen LogP contribution in [0.5, 0.6) is 0 Å². The van der Waals surface area contributed by atoms with Crippen molar-refractivity contribution in [3.63, 3.8) is 0 Å². The molecule has 1 aliphatic carbocycles. The van der Waals surface area contributed by atoms with E-state index >= 15 is 0 Å². The minimum absolute atomic E-state index is 0.144. The van der Waals surface area contributed by atoms with Crippen molar-refractivity contribution in [3.8, 4) is 0 Å². The standard InChI is InChI=1S/C9H15N3O4/c10-7(13)4-11-9(16)12-6-2-1-5(3-6)8(14)15/h5-6H,1-4H2,(H2,10,13)(H,14,15)(H2,11,12,16). The van der Waals surface area contributed by atoms with Crippen LogP contribution < -0.4 is 16.4 Å². The summed E-state index contributed by atoms with van der Waals surface area (Å²) in [4.78, 5) is 32.2. The molecule has 1 fully saturated rings. The van der Waals surface area contributed by atoms with E-state index in [1.54, 1.807) is 0 Å². The van der Waals surface area contributed by atoms with Gasteiger partial charge < -0.3 is 21.5 Å². The predicted octanol–water partition coefficient (Wildman–Crippen LogP) is -0.976. The zero-order valence-electron chi connectivity index (χ0n) is 8.73. The summed E-state index contributed by atoms with van der Waals surface area (Å²) in [5, 5.41) is 13.6. The van der Waals surface area contributed by atoms with Crippen molar-refractivity contribution in [3.05, 3.63) is 0 Å². The van der Waals surface area contributed by atoms with E-state index in [2.05, 4.69) is 10.6 Å². The Labute approximate surface area is 92.4 Å². The zero-order chi connectivity index (χ0) is 12.1. The molecule has 90 valence electrons. The fourth-order valence-electron chi connectivity index (χ4n) is 1.74. The fourth-order valence-corrected chi connectivity index (χ4v) is 1.74. The first-order valence-electron chi connectivity index (χ1n) is 5.04. The van der Waals surface area contributed by atoms with E-state index in [4.69, 9.17) is 10.8 Å². The summed E-state index contributed by atoms with van der Waals surface area (Å²) in [7, 11) is 0. The van der Waals surface area contributed by atoms with Crippen LogP contribution in [0.4, 0.5) is 4.79 Å². The summed E-state index contributed by atoms with van der Waals surface area (Å²) in [6, 6.07) is -0.635. The highest BCUT2D eigenvalue weighted by Crippen LogP contribution is 2.25. The molecule has 0 aliphatic heterocycles. The molecular formula is C9H15N3O4. The molecule has 2 atom stereocenters. The number of urea groups is 1. The zero-order valence-corrected chi connectivity index (χ0v) is 8.73. The van der Waals surface area contributed by atoms with Gasteiger partial charge in [-0.2, -0.15) is 0 Å². The van der Waals surface area contributed by atoms with Gasteiger partial charge in [-0.3, -0.25) is 9.59 Å². The van der Waals surface area contributed by atoms with Crippen LogP contribution in [-0.2, 0) is 9.59 Å². The number of hydrogen-bond acceptors (Lipinski definition) is 3. The van der Waals surface area contributed by atoms with Gasteiger partial charge in [0.2, 0.25) is 5.91 Å². The van der Waals surface area contributed by atoms with Crippen LogP contribution >= 0.6 is 0 Å². The van der Waals surface area contributed by atoms with Crippen molar-refractivity contribution in [2.75, 3.05) is 6.54 Å². The molecule has 1 rings (SSSR count). The topological polar surface area (TPSA) is 122 Å². The van der Waals surface area contributed by atoms with Gasteiger partial charge in [0.1, 0.15) is 0 Å². The number of carbonyl (C=O) groups excluding carboxylic acids is 2. The largest absolute Gasteiger partial charge is 0.481 e. The maximum atomic E-state index is 11.2. The van der Waals surface area contributed by atoms with Gasteiger partial charge in [-0.1, -0.05) is 0 Å². The van der Waals surface area contributed by atoms with E-state index in [-0.39, 0.29) is 18.5 Å². The molecule has 1 saturated carbocycles. The van der Waals surface area contributed by atoms with Crippen LogP contribution in [0, 0.1) is 5.92 Å². The minimum atomic E-state index is -0.832. The van der Waals surface area contributed by atoms with Crippen LogP contribution in [-0.4, -0.2) is 35.6 Å². The van der Waals surface area contributed by atoms with E-state index in [9.17, 15) is 14.4 Å². The second-order valence-electron chi connectivity index (χ2n) is 3.84. The number of carboxylic acid groups (broad SMARTS) is 1. The van der Waals surface area contributed by atoms with Gasteiger partial charge >= 0.3 is 12.0 Å². The lowest BCUT2D eigenvalue weighted by Crippen LogP contribution is -2.44. The highest BCUT2D eigenvalue weighted by Gasteiger charge is 2.30. The Morgan fingerprint density at radius 2 is 2.00 bits per heavy atom. The summed E-state index contributed by atoms with van der Waals surface area (Å²) in [5.74, 6) is -1.84. The first kappa shape index (κ1) is 12.3. The quantitative estimate of drug-likeness (QED) is 0.495. The van der Waals surface area contributed by atoms with Crippen LogP contribution in [0.25, 0.3) is 0 Å². The second-order valence-corrected chi connectivity index (χ2v) is 3.84. The third-order valence-corrected chi connectivity index (χ3v) is 2.54. The summed E-state index contributed by atoms with van der Waals surface area (Å²) in [6.45, 7) is -0.221. The molecule has 0 bridgehead atoms. The molecule has 0 radical (unpaired) electrons. The Morgan fingerprint density at radius 1 is 1.31 bits per heavy atom. The third kappa shape index (κ3) is 3.76. The number of aliphatic carboxylic acids is 1. The number of rotatable bonds is 4. The lowest BCUT2D eigenvalue weighted by Gasteiger charge is -2.12.